The van der Waals surface area contributed by atoms with Gasteiger partial charge in [0.2, 0.25) is 0 Å². The Morgan fingerprint density at radius 2 is 2.00 bits per heavy atom. The maximum absolute atomic E-state index is 12.8. The third-order valence-corrected chi connectivity index (χ3v) is 4.65. The molecule has 0 fully saturated rings. The molecule has 1 amide bonds. The lowest BCUT2D eigenvalue weighted by Gasteiger charge is -2.26. The number of carbonyl (C=O) groups excluding carboxylic acids is 1. The van der Waals surface area contributed by atoms with Crippen LogP contribution in [0.1, 0.15) is 37.0 Å². The average Bonchev–Trinajstić information content (AvgIpc) is 3.27. The van der Waals surface area contributed by atoms with E-state index in [1.54, 1.807) is 44.4 Å². The van der Waals surface area contributed by atoms with Gasteiger partial charge in [-0.2, -0.15) is 5.10 Å². The van der Waals surface area contributed by atoms with Crippen LogP contribution in [0.4, 0.5) is 0 Å². The van der Waals surface area contributed by atoms with E-state index < -0.39 is 5.60 Å². The third-order valence-electron chi connectivity index (χ3n) is 4.40. The maximum Gasteiger partial charge on any atom is 0.263 e. The number of benzene rings is 1. The zero-order valence-corrected chi connectivity index (χ0v) is 17.2. The second-order valence-electron chi connectivity index (χ2n) is 7.18. The summed E-state index contributed by atoms with van der Waals surface area (Å²) in [5.74, 6) is 1.06. The molecule has 2 heterocycles. The van der Waals surface area contributed by atoms with Crippen LogP contribution in [0.3, 0.4) is 0 Å². The van der Waals surface area contributed by atoms with Crippen molar-refractivity contribution in [1.82, 2.24) is 15.1 Å². The van der Waals surface area contributed by atoms with E-state index in [1.165, 1.54) is 0 Å². The van der Waals surface area contributed by atoms with Crippen LogP contribution in [-0.2, 0) is 4.79 Å². The summed E-state index contributed by atoms with van der Waals surface area (Å²) < 4.78 is 13.3. The van der Waals surface area contributed by atoms with Crippen molar-refractivity contribution in [2.75, 3.05) is 6.54 Å². The Kier molecular flexibility index (Phi) is 5.79. The third kappa shape index (κ3) is 4.57. The number of halogens is 1. The summed E-state index contributed by atoms with van der Waals surface area (Å²) in [6, 6.07) is 12.4. The van der Waals surface area contributed by atoms with Crippen LogP contribution in [-0.4, -0.2) is 27.8 Å². The molecule has 0 bridgehead atoms. The molecule has 148 valence electrons. The summed E-state index contributed by atoms with van der Waals surface area (Å²) in [5.41, 5.74) is 0.841. The van der Waals surface area contributed by atoms with E-state index in [9.17, 15) is 4.79 Å². The molecular formula is C21H24ClN3O3. The van der Waals surface area contributed by atoms with E-state index in [2.05, 4.69) is 10.4 Å². The standard InChI is InChI=1S/C21H24ClN3O3/c1-14-12-15(2)25(24-14)18(19-6-5-11-27-19)13-23-20(26)21(3,4)28-17-9-7-16(22)8-10-17/h5-12,18H,13H2,1-4H3,(H,23,26). The maximum atomic E-state index is 12.8. The van der Waals surface area contributed by atoms with Gasteiger partial charge in [0.15, 0.2) is 5.60 Å². The molecule has 1 N–H and O–H groups in total. The van der Waals surface area contributed by atoms with Gasteiger partial charge in [0.05, 0.1) is 12.0 Å². The predicted molar refractivity (Wildman–Crippen MR) is 108 cm³/mol. The smallest absolute Gasteiger partial charge is 0.263 e. The topological polar surface area (TPSA) is 69.3 Å². The highest BCUT2D eigenvalue weighted by atomic mass is 35.5. The molecule has 1 atom stereocenters. The second kappa shape index (κ2) is 8.10. The summed E-state index contributed by atoms with van der Waals surface area (Å²) >= 11 is 5.90. The summed E-state index contributed by atoms with van der Waals surface area (Å²) in [5, 5.41) is 8.12. The minimum atomic E-state index is -1.06. The minimum absolute atomic E-state index is 0.236. The van der Waals surface area contributed by atoms with E-state index >= 15 is 0 Å². The Bertz CT molecular complexity index is 930. The van der Waals surface area contributed by atoms with Crippen molar-refractivity contribution in [3.05, 3.63) is 70.9 Å². The van der Waals surface area contributed by atoms with Gasteiger partial charge in [0.25, 0.3) is 5.91 Å². The molecule has 3 aromatic rings. The van der Waals surface area contributed by atoms with E-state index in [4.69, 9.17) is 20.8 Å². The van der Waals surface area contributed by atoms with Crippen LogP contribution in [0.5, 0.6) is 5.75 Å². The second-order valence-corrected chi connectivity index (χ2v) is 7.62. The van der Waals surface area contributed by atoms with Crippen molar-refractivity contribution >= 4 is 17.5 Å². The number of furan rings is 1. The molecule has 0 aliphatic rings. The summed E-state index contributed by atoms with van der Waals surface area (Å²) in [6.45, 7) is 7.68. The van der Waals surface area contributed by atoms with Crippen molar-refractivity contribution in [2.45, 2.75) is 39.3 Å². The molecule has 3 rings (SSSR count). The number of ether oxygens (including phenoxy) is 1. The van der Waals surface area contributed by atoms with Crippen molar-refractivity contribution in [1.29, 1.82) is 0 Å². The number of amides is 1. The molecule has 0 saturated heterocycles. The van der Waals surface area contributed by atoms with Gasteiger partial charge >= 0.3 is 0 Å². The van der Waals surface area contributed by atoms with Crippen molar-refractivity contribution in [3.63, 3.8) is 0 Å². The van der Waals surface area contributed by atoms with Gasteiger partial charge < -0.3 is 14.5 Å². The zero-order chi connectivity index (χ0) is 20.3. The van der Waals surface area contributed by atoms with Crippen molar-refractivity contribution < 1.29 is 13.9 Å². The monoisotopic (exact) mass is 401 g/mol. The fourth-order valence-electron chi connectivity index (χ4n) is 3.00. The Morgan fingerprint density at radius 3 is 2.57 bits per heavy atom. The number of hydrogen-bond donors (Lipinski definition) is 1. The van der Waals surface area contributed by atoms with E-state index in [-0.39, 0.29) is 11.9 Å². The molecular weight excluding hydrogens is 378 g/mol. The van der Waals surface area contributed by atoms with Crippen LogP contribution < -0.4 is 10.1 Å². The van der Waals surface area contributed by atoms with Crippen LogP contribution in [0.2, 0.25) is 5.02 Å². The number of aryl methyl sites for hydroxylation is 2. The van der Waals surface area contributed by atoms with Gasteiger partial charge in [0.1, 0.15) is 17.6 Å². The largest absolute Gasteiger partial charge is 0.478 e. The molecule has 0 aliphatic heterocycles. The SMILES string of the molecule is Cc1cc(C)n(C(CNC(=O)C(C)(C)Oc2ccc(Cl)cc2)c2ccco2)n1. The van der Waals surface area contributed by atoms with E-state index in [0.717, 1.165) is 17.1 Å². The van der Waals surface area contributed by atoms with E-state index in [0.29, 0.717) is 17.3 Å². The number of rotatable bonds is 7. The summed E-state index contributed by atoms with van der Waals surface area (Å²) in [6.07, 6.45) is 1.61. The van der Waals surface area contributed by atoms with Crippen molar-refractivity contribution in [3.8, 4) is 5.75 Å². The average molecular weight is 402 g/mol. The van der Waals surface area contributed by atoms with Crippen LogP contribution in [0, 0.1) is 13.8 Å². The van der Waals surface area contributed by atoms with Crippen LogP contribution in [0.25, 0.3) is 0 Å². The summed E-state index contributed by atoms with van der Waals surface area (Å²) in [4.78, 5) is 12.8. The first-order valence-corrected chi connectivity index (χ1v) is 9.43. The molecule has 0 radical (unpaired) electrons. The number of nitrogens with one attached hydrogen (secondary N) is 1. The molecule has 7 heteroatoms. The van der Waals surface area contributed by atoms with Gasteiger partial charge in [-0.25, -0.2) is 0 Å². The lowest BCUT2D eigenvalue weighted by molar-refractivity contribution is -0.134. The van der Waals surface area contributed by atoms with E-state index in [1.807, 2.05) is 36.7 Å². The minimum Gasteiger partial charge on any atom is -0.478 e. The van der Waals surface area contributed by atoms with Gasteiger partial charge in [-0.15, -0.1) is 0 Å². The molecule has 1 unspecified atom stereocenters. The predicted octanol–water partition coefficient (Wildman–Crippen LogP) is 4.31. The quantitative estimate of drug-likeness (QED) is 0.640. The van der Waals surface area contributed by atoms with Crippen LogP contribution in [0.15, 0.2) is 53.1 Å². The highest BCUT2D eigenvalue weighted by Crippen LogP contribution is 2.23. The lowest BCUT2D eigenvalue weighted by atomic mass is 10.1. The first kappa shape index (κ1) is 20.0. The highest BCUT2D eigenvalue weighted by molar-refractivity contribution is 6.30. The molecule has 1 aromatic carbocycles. The van der Waals surface area contributed by atoms with Gasteiger partial charge in [-0.1, -0.05) is 11.6 Å². The summed E-state index contributed by atoms with van der Waals surface area (Å²) in [7, 11) is 0. The van der Waals surface area contributed by atoms with Gasteiger partial charge in [-0.05, 0) is 70.2 Å². The Labute approximate surface area is 169 Å². The Morgan fingerprint density at radius 1 is 1.29 bits per heavy atom. The molecule has 2 aromatic heterocycles. The van der Waals surface area contributed by atoms with Crippen molar-refractivity contribution in [2.24, 2.45) is 0 Å². The fourth-order valence-corrected chi connectivity index (χ4v) is 3.12. The number of aromatic nitrogens is 2. The number of hydrogen-bond acceptors (Lipinski definition) is 4. The van der Waals surface area contributed by atoms with Gasteiger partial charge in [-0.3, -0.25) is 9.48 Å². The Balaban J connectivity index is 1.72. The number of nitrogens with zero attached hydrogens (tertiary/aromatic N) is 2. The molecule has 6 nitrogen and oxygen atoms in total. The number of carbonyl (C=O) groups is 1. The van der Waals surface area contributed by atoms with Crippen LogP contribution >= 0.6 is 11.6 Å². The normalized spacial score (nSPS) is 12.6. The fraction of sp³-hybridized carbons (Fsp3) is 0.333. The molecule has 0 aliphatic carbocycles. The molecule has 28 heavy (non-hydrogen) atoms. The Hall–Kier alpha value is -2.73. The van der Waals surface area contributed by atoms with Gasteiger partial charge in [0, 0.05) is 17.3 Å². The first-order valence-electron chi connectivity index (χ1n) is 9.05. The first-order chi connectivity index (χ1) is 13.3. The zero-order valence-electron chi connectivity index (χ0n) is 16.4. The molecule has 0 spiro atoms. The highest BCUT2D eigenvalue weighted by Gasteiger charge is 2.31. The lowest BCUT2D eigenvalue weighted by Crippen LogP contribution is -2.48. The molecule has 0 saturated carbocycles.